The molecule has 0 rings (SSSR count). The summed E-state index contributed by atoms with van der Waals surface area (Å²) >= 11 is 0. The van der Waals surface area contributed by atoms with Crippen molar-refractivity contribution in [1.82, 2.24) is 0 Å². The number of aliphatic hydroxyl groups excluding tert-OH is 3. The van der Waals surface area contributed by atoms with Crippen molar-refractivity contribution < 1.29 is 44.5 Å². The van der Waals surface area contributed by atoms with Crippen molar-refractivity contribution in [2.75, 3.05) is 6.61 Å². The first kappa shape index (κ1) is 17.0. The van der Waals surface area contributed by atoms with Gasteiger partial charge in [0, 0.05) is 0 Å². The van der Waals surface area contributed by atoms with E-state index in [1.165, 1.54) is 0 Å². The smallest absolute Gasteiger partial charge is 0.412 e. The fourth-order valence-electron chi connectivity index (χ4n) is 0.580. The summed E-state index contributed by atoms with van der Waals surface area (Å²) in [6.07, 6.45) is -5.46. The number of phosphoric ester groups is 1. The second-order valence-electron chi connectivity index (χ2n) is 2.47. The van der Waals surface area contributed by atoms with Gasteiger partial charge in [0.05, 0.1) is 6.61 Å². The number of carbonyl (C=O) groups is 1. The third-order valence-electron chi connectivity index (χ3n) is 1.30. The summed E-state index contributed by atoms with van der Waals surface area (Å²) in [6, 6.07) is 0. The summed E-state index contributed by atoms with van der Waals surface area (Å²) in [5.74, 6) is 0. The number of carbonyl (C=O) groups excluding carboxylic acids is 1. The third-order valence-corrected chi connectivity index (χ3v) is 1.78. The summed E-state index contributed by atoms with van der Waals surface area (Å²) < 4.78 is 14.0. The first-order valence-corrected chi connectivity index (χ1v) is 5.00. The molecule has 0 unspecified atom stereocenters. The van der Waals surface area contributed by atoms with Gasteiger partial charge in [-0.1, -0.05) is 0 Å². The average Bonchev–Trinajstić information content (AvgIpc) is 2.10. The molecule has 0 aromatic carbocycles. The van der Waals surface area contributed by atoms with Gasteiger partial charge >= 0.3 is 7.82 Å². The van der Waals surface area contributed by atoms with Crippen molar-refractivity contribution in [3.8, 4) is 0 Å². The molecule has 0 aromatic rings. The molecular formula is C5H13O9P. The van der Waals surface area contributed by atoms with E-state index < -0.39 is 32.7 Å². The van der Waals surface area contributed by atoms with Gasteiger partial charge in [-0.2, -0.15) is 0 Å². The van der Waals surface area contributed by atoms with Crippen LogP contribution in [0.1, 0.15) is 0 Å². The molecule has 7 N–H and O–H groups in total. The summed E-state index contributed by atoms with van der Waals surface area (Å²) in [4.78, 5) is 26.4. The summed E-state index contributed by atoms with van der Waals surface area (Å²) in [5, 5.41) is 26.6. The van der Waals surface area contributed by atoms with Gasteiger partial charge in [-0.25, -0.2) is 4.57 Å². The van der Waals surface area contributed by atoms with E-state index in [-0.39, 0.29) is 11.8 Å². The average molecular weight is 248 g/mol. The van der Waals surface area contributed by atoms with E-state index in [0.717, 1.165) is 0 Å². The maximum atomic E-state index is 10.1. The molecule has 0 bridgehead atoms. The number of aliphatic hydroxyl groups is 3. The van der Waals surface area contributed by atoms with Crippen LogP contribution in [-0.2, 0) is 13.9 Å². The Morgan fingerprint density at radius 1 is 1.27 bits per heavy atom. The summed E-state index contributed by atoms with van der Waals surface area (Å²) in [5.41, 5.74) is 0. The fourth-order valence-corrected chi connectivity index (χ4v) is 0.927. The van der Waals surface area contributed by atoms with Crippen LogP contribution in [0.2, 0.25) is 0 Å². The van der Waals surface area contributed by atoms with Crippen molar-refractivity contribution in [2.24, 2.45) is 0 Å². The Morgan fingerprint density at radius 2 is 1.73 bits per heavy atom. The highest BCUT2D eigenvalue weighted by Gasteiger charge is 2.27. The minimum absolute atomic E-state index is 0. The molecule has 0 aliphatic carbocycles. The van der Waals surface area contributed by atoms with E-state index in [1.54, 1.807) is 0 Å². The molecule has 92 valence electrons. The molecule has 0 radical (unpaired) electrons. The number of hydrogen-bond acceptors (Lipinski definition) is 6. The Morgan fingerprint density at radius 3 is 2.07 bits per heavy atom. The predicted octanol–water partition coefficient (Wildman–Crippen LogP) is -3.45. The lowest BCUT2D eigenvalue weighted by Gasteiger charge is -2.19. The van der Waals surface area contributed by atoms with Gasteiger partial charge in [0.15, 0.2) is 6.29 Å². The zero-order valence-electron chi connectivity index (χ0n) is 7.42. The number of aldehydes is 1. The van der Waals surface area contributed by atoms with Gasteiger partial charge in [-0.05, 0) is 0 Å². The number of phosphoric acid groups is 1. The largest absolute Gasteiger partial charge is 0.469 e. The van der Waals surface area contributed by atoms with E-state index in [4.69, 9.17) is 25.1 Å². The molecule has 10 heteroatoms. The Balaban J connectivity index is 0. The van der Waals surface area contributed by atoms with Crippen molar-refractivity contribution in [2.45, 2.75) is 18.3 Å². The molecule has 0 aromatic heterocycles. The van der Waals surface area contributed by atoms with Crippen LogP contribution < -0.4 is 0 Å². The summed E-state index contributed by atoms with van der Waals surface area (Å²) in [6.45, 7) is -0.893. The maximum absolute atomic E-state index is 10.1. The van der Waals surface area contributed by atoms with E-state index in [1.807, 2.05) is 0 Å². The molecular weight excluding hydrogens is 235 g/mol. The van der Waals surface area contributed by atoms with Crippen LogP contribution in [0.5, 0.6) is 0 Å². The normalized spacial score (nSPS) is 17.4. The van der Waals surface area contributed by atoms with Crippen molar-refractivity contribution in [1.29, 1.82) is 0 Å². The van der Waals surface area contributed by atoms with Crippen LogP contribution in [0, 0.1) is 0 Å². The fraction of sp³-hybridized carbons (Fsp3) is 0.800. The van der Waals surface area contributed by atoms with Crippen LogP contribution in [0.25, 0.3) is 0 Å². The molecule has 3 atom stereocenters. The quantitative estimate of drug-likeness (QED) is 0.238. The molecule has 0 fully saturated rings. The minimum atomic E-state index is -4.74. The van der Waals surface area contributed by atoms with Gasteiger partial charge in [0.25, 0.3) is 0 Å². The summed E-state index contributed by atoms with van der Waals surface area (Å²) in [7, 11) is -4.74. The minimum Gasteiger partial charge on any atom is -0.412 e. The molecule has 0 aliphatic rings. The SMILES string of the molecule is O.O=C[C@H](O)[C@H](O)[C@H](O)COP(=O)(O)O. The van der Waals surface area contributed by atoms with Gasteiger partial charge in [0.2, 0.25) is 0 Å². The topological polar surface area (TPSA) is 176 Å². The van der Waals surface area contributed by atoms with Gasteiger partial charge in [-0.3, -0.25) is 4.52 Å². The van der Waals surface area contributed by atoms with Crippen LogP contribution in [0.4, 0.5) is 0 Å². The molecule has 0 saturated heterocycles. The lowest BCUT2D eigenvalue weighted by atomic mass is 10.1. The Hall–Kier alpha value is -0.380. The zero-order valence-corrected chi connectivity index (χ0v) is 8.32. The van der Waals surface area contributed by atoms with Crippen LogP contribution in [0.15, 0.2) is 0 Å². The zero-order chi connectivity index (χ0) is 11.4. The second-order valence-corrected chi connectivity index (χ2v) is 3.71. The van der Waals surface area contributed by atoms with Gasteiger partial charge in [-0.15, -0.1) is 0 Å². The monoisotopic (exact) mass is 248 g/mol. The molecule has 0 heterocycles. The first-order chi connectivity index (χ1) is 6.28. The Kier molecular flexibility index (Phi) is 7.93. The maximum Gasteiger partial charge on any atom is 0.469 e. The van der Waals surface area contributed by atoms with E-state index in [2.05, 4.69) is 4.52 Å². The van der Waals surface area contributed by atoms with E-state index >= 15 is 0 Å². The Labute approximate surface area is 84.5 Å². The number of hydrogen-bond donors (Lipinski definition) is 5. The standard InChI is InChI=1S/C5H11O8P.H2O/c6-1-3(7)5(9)4(8)2-13-14(10,11)12;/h1,3-5,7-9H,2H2,(H2,10,11,12);1H2/t3-,4+,5-;/m0./s1. The molecule has 0 amide bonds. The van der Waals surface area contributed by atoms with E-state index in [0.29, 0.717) is 0 Å². The first-order valence-electron chi connectivity index (χ1n) is 3.47. The van der Waals surface area contributed by atoms with Crippen LogP contribution in [-0.4, -0.2) is 61.8 Å². The molecule has 9 nitrogen and oxygen atoms in total. The molecule has 0 aliphatic heterocycles. The van der Waals surface area contributed by atoms with Gasteiger partial charge in [0.1, 0.15) is 18.3 Å². The van der Waals surface area contributed by atoms with Crippen LogP contribution >= 0.6 is 7.82 Å². The lowest BCUT2D eigenvalue weighted by Crippen LogP contribution is -2.40. The lowest BCUT2D eigenvalue weighted by molar-refractivity contribution is -0.127. The third kappa shape index (κ3) is 7.54. The number of rotatable bonds is 6. The highest BCUT2D eigenvalue weighted by molar-refractivity contribution is 7.46. The van der Waals surface area contributed by atoms with Crippen molar-refractivity contribution >= 4 is 14.1 Å². The Bertz CT molecular complexity index is 225. The van der Waals surface area contributed by atoms with Gasteiger partial charge < -0.3 is 35.4 Å². The van der Waals surface area contributed by atoms with Crippen LogP contribution in [0.3, 0.4) is 0 Å². The van der Waals surface area contributed by atoms with Crippen molar-refractivity contribution in [3.63, 3.8) is 0 Å². The van der Waals surface area contributed by atoms with Crippen molar-refractivity contribution in [3.05, 3.63) is 0 Å². The molecule has 0 saturated carbocycles. The highest BCUT2D eigenvalue weighted by Crippen LogP contribution is 2.35. The highest BCUT2D eigenvalue weighted by atomic mass is 31.2. The predicted molar refractivity (Wildman–Crippen MR) is 45.7 cm³/mol. The molecule has 0 spiro atoms. The second kappa shape index (κ2) is 6.99. The van der Waals surface area contributed by atoms with E-state index in [9.17, 15) is 9.36 Å². The molecule has 15 heavy (non-hydrogen) atoms.